The number of aromatic amines is 2. The first-order valence-electron chi connectivity index (χ1n) is 19.7. The monoisotopic (exact) mass is 734 g/mol. The smallest absolute Gasteiger partial charge is 0.315 e. The topological polar surface area (TPSA) is 128 Å². The Labute approximate surface area is 320 Å². The Morgan fingerprint density at radius 2 is 1.81 bits per heavy atom. The van der Waals surface area contributed by atoms with Crippen LogP contribution >= 0.6 is 0 Å². The number of ether oxygens (including phenoxy) is 2. The molecule has 1 saturated heterocycles. The van der Waals surface area contributed by atoms with Crippen molar-refractivity contribution in [3.05, 3.63) is 84.7 Å². The van der Waals surface area contributed by atoms with E-state index in [1.807, 2.05) is 13.0 Å². The second kappa shape index (κ2) is 16.0. The van der Waals surface area contributed by atoms with E-state index in [1.165, 1.54) is 24.7 Å². The van der Waals surface area contributed by atoms with Crippen LogP contribution in [0, 0.1) is 55.8 Å². The van der Waals surface area contributed by atoms with Crippen molar-refractivity contribution in [1.82, 2.24) is 20.6 Å². The van der Waals surface area contributed by atoms with Gasteiger partial charge in [-0.2, -0.15) is 0 Å². The maximum absolute atomic E-state index is 13.6. The fraction of sp³-hybridized carbons (Fsp3) is 0.511. The zero-order valence-electron chi connectivity index (χ0n) is 33.5. The van der Waals surface area contributed by atoms with Crippen LogP contribution in [0.1, 0.15) is 113 Å². The van der Waals surface area contributed by atoms with Crippen LogP contribution in [0.5, 0.6) is 0 Å². The molecule has 0 saturated carbocycles. The highest BCUT2D eigenvalue weighted by Gasteiger charge is 2.49. The molecule has 0 amide bonds. The second-order valence-corrected chi connectivity index (χ2v) is 16.1. The molecule has 8 bridgehead atoms. The minimum Gasteiger partial charge on any atom is -0.468 e. The lowest BCUT2D eigenvalue weighted by Crippen LogP contribution is -2.37. The Morgan fingerprint density at radius 3 is 2.50 bits per heavy atom. The van der Waals surface area contributed by atoms with Crippen molar-refractivity contribution in [3.63, 3.8) is 0 Å². The van der Waals surface area contributed by atoms with Crippen molar-refractivity contribution in [2.45, 2.75) is 106 Å². The zero-order valence-corrected chi connectivity index (χ0v) is 33.5. The second-order valence-electron chi connectivity index (χ2n) is 16.1. The highest BCUT2D eigenvalue weighted by atomic mass is 16.5. The summed E-state index contributed by atoms with van der Waals surface area (Å²) in [6.45, 7) is 17.3. The van der Waals surface area contributed by atoms with E-state index in [2.05, 4.69) is 93.2 Å². The van der Waals surface area contributed by atoms with E-state index in [0.29, 0.717) is 17.9 Å². The average Bonchev–Trinajstić information content (AvgIpc) is 3.87. The van der Waals surface area contributed by atoms with Crippen LogP contribution in [-0.2, 0) is 25.5 Å². The van der Waals surface area contributed by atoms with Crippen molar-refractivity contribution >= 4 is 29.7 Å². The number of carbonyl (C=O) groups is 2. The molecule has 0 spiro atoms. The molecule has 5 heterocycles. The van der Waals surface area contributed by atoms with Crippen LogP contribution in [0.4, 0.5) is 0 Å². The predicted octanol–water partition coefficient (Wildman–Crippen LogP) is 6.02. The summed E-state index contributed by atoms with van der Waals surface area (Å²) in [7, 11) is 1.36. The summed E-state index contributed by atoms with van der Waals surface area (Å²) in [4.78, 5) is 34.1. The Bertz CT molecular complexity index is 2110. The molecule has 1 aliphatic carbocycles. The highest BCUT2D eigenvalue weighted by Crippen LogP contribution is 2.45. The number of carbonyl (C=O) groups excluding carboxylic acids is 2. The van der Waals surface area contributed by atoms with Crippen molar-refractivity contribution in [3.8, 4) is 12.3 Å². The number of fused-ring (bicyclic) bond motifs is 8. The van der Waals surface area contributed by atoms with Crippen molar-refractivity contribution in [2.75, 3.05) is 13.7 Å². The van der Waals surface area contributed by atoms with Gasteiger partial charge < -0.3 is 35.2 Å². The Balaban J connectivity index is 1.44. The van der Waals surface area contributed by atoms with Gasteiger partial charge in [0.05, 0.1) is 25.2 Å². The van der Waals surface area contributed by atoms with Gasteiger partial charge in [0.2, 0.25) is 0 Å². The van der Waals surface area contributed by atoms with Gasteiger partial charge in [0.25, 0.3) is 0 Å². The minimum absolute atomic E-state index is 0.0324. The first-order chi connectivity index (χ1) is 25.8. The van der Waals surface area contributed by atoms with E-state index in [9.17, 15) is 14.7 Å². The fourth-order valence-corrected chi connectivity index (χ4v) is 9.01. The summed E-state index contributed by atoms with van der Waals surface area (Å²) >= 11 is 0. The van der Waals surface area contributed by atoms with E-state index >= 15 is 0 Å². The van der Waals surface area contributed by atoms with E-state index in [0.717, 1.165) is 80.7 Å². The van der Waals surface area contributed by atoms with E-state index in [-0.39, 0.29) is 42.8 Å². The number of aliphatic hydroxyl groups excluding tert-OH is 1. The molecule has 1 unspecified atom stereocenters. The Kier molecular flexibility index (Phi) is 11.5. The minimum atomic E-state index is -1.10. The number of allylic oxidation sites excluding steroid dienone is 4. The number of nitrogens with one attached hydrogen (secondary N) is 4. The summed E-state index contributed by atoms with van der Waals surface area (Å²) in [5, 5.41) is 21.0. The number of terminal acetylenes is 1. The molecule has 2 aromatic rings. The molecule has 288 valence electrons. The fourth-order valence-electron chi connectivity index (χ4n) is 9.01. The average molecular weight is 735 g/mol. The van der Waals surface area contributed by atoms with Crippen LogP contribution in [0.25, 0.3) is 17.7 Å². The van der Waals surface area contributed by atoms with Crippen molar-refractivity contribution in [1.29, 1.82) is 0 Å². The van der Waals surface area contributed by atoms with Crippen LogP contribution in [-0.4, -0.2) is 46.8 Å². The molecule has 3 aliphatic heterocycles. The normalized spacial score (nSPS) is 27.0. The largest absolute Gasteiger partial charge is 0.468 e. The SMILES string of the molecule is C#C[C@@H]1C(C)=C2/C=C3\NC(C4=c5[nH]/c(c(C)c5[C@@H](O)[C@@H]4C(=O)OC)=C\c4[nH]c(c(C)c4CC)/C=C/1N2)[C@@H](CCC(=O)OC/C=C(\C)CCCC(C)C)[C@@H]3C. The number of methoxy groups -OCH3 is 1. The third-order valence-electron chi connectivity index (χ3n) is 12.3. The zero-order chi connectivity index (χ0) is 39.0. The van der Waals surface area contributed by atoms with Gasteiger partial charge in [0.1, 0.15) is 12.5 Å². The van der Waals surface area contributed by atoms with E-state index in [1.54, 1.807) is 0 Å². The quantitative estimate of drug-likeness (QED) is 0.109. The summed E-state index contributed by atoms with van der Waals surface area (Å²) in [6.07, 6.45) is 18.3. The lowest BCUT2D eigenvalue weighted by atomic mass is 9.80. The third kappa shape index (κ3) is 7.25. The van der Waals surface area contributed by atoms with E-state index < -0.39 is 18.0 Å². The molecule has 54 heavy (non-hydrogen) atoms. The Hall–Kier alpha value is -4.68. The molecule has 0 radical (unpaired) electrons. The summed E-state index contributed by atoms with van der Waals surface area (Å²) in [5.74, 6) is 1.63. The van der Waals surface area contributed by atoms with Gasteiger partial charge in [-0.25, -0.2) is 0 Å². The Morgan fingerprint density at radius 1 is 1.06 bits per heavy atom. The van der Waals surface area contributed by atoms with Crippen LogP contribution in [0.2, 0.25) is 0 Å². The molecular weight excluding hydrogens is 677 g/mol. The number of H-pyrrole nitrogens is 2. The van der Waals surface area contributed by atoms with Crippen molar-refractivity contribution < 1.29 is 24.2 Å². The first kappa shape index (κ1) is 39.0. The molecule has 5 N–H and O–H groups in total. The van der Waals surface area contributed by atoms with Gasteiger partial charge in [-0.1, -0.05) is 45.6 Å². The number of aromatic nitrogens is 2. The van der Waals surface area contributed by atoms with Gasteiger partial charge in [-0.3, -0.25) is 9.59 Å². The van der Waals surface area contributed by atoms with Gasteiger partial charge in [-0.05, 0) is 117 Å². The van der Waals surface area contributed by atoms with Gasteiger partial charge >= 0.3 is 11.9 Å². The molecule has 4 aliphatic rings. The summed E-state index contributed by atoms with van der Waals surface area (Å²) in [6, 6.07) is -0.382. The standard InChI is InChI=1S/C45H58N4O5/c1-11-29-25(6)32-20-34-27(8)31(16-17-38(50)54-19-18-24(5)15-13-14-23(3)4)42(48-34)40-41(45(52)53-10)44(51)39-28(9)35(49-43(39)40)22-37-30(12-2)26(7)33(47-37)21-36(29)46-32/h1,18,20-23,27,29,31,41-42,44,46-49,51H,12-17,19H2,2-10H3/b24-18+,34-20-,35-22-,36-21-/t27-,29+,31-,41+,42?,44+/m0/s1. The molecule has 6 rings (SSSR count). The van der Waals surface area contributed by atoms with Crippen LogP contribution in [0.3, 0.4) is 0 Å². The molecular formula is C45H58N4O5. The number of aliphatic hydroxyl groups is 1. The maximum Gasteiger partial charge on any atom is 0.315 e. The number of esters is 2. The van der Waals surface area contributed by atoms with Gasteiger partial charge in [0.15, 0.2) is 0 Å². The third-order valence-corrected chi connectivity index (χ3v) is 12.3. The predicted molar refractivity (Wildman–Crippen MR) is 214 cm³/mol. The summed E-state index contributed by atoms with van der Waals surface area (Å²) in [5.41, 5.74) is 11.7. The lowest BCUT2D eigenvalue weighted by Gasteiger charge is -2.27. The molecule has 0 aromatic carbocycles. The van der Waals surface area contributed by atoms with Gasteiger partial charge in [-0.15, -0.1) is 6.42 Å². The number of hydrogen-bond acceptors (Lipinski definition) is 7. The van der Waals surface area contributed by atoms with Crippen LogP contribution in [0.15, 0.2) is 40.4 Å². The van der Waals surface area contributed by atoms with Crippen molar-refractivity contribution in [2.24, 2.45) is 29.6 Å². The molecule has 2 aromatic heterocycles. The molecule has 6 atom stereocenters. The van der Waals surface area contributed by atoms with E-state index in [4.69, 9.17) is 15.9 Å². The van der Waals surface area contributed by atoms with Crippen LogP contribution < -0.4 is 21.3 Å². The first-order valence-corrected chi connectivity index (χ1v) is 19.7. The lowest BCUT2D eigenvalue weighted by molar-refractivity contribution is -0.147. The molecule has 9 heteroatoms. The number of hydrogen-bond donors (Lipinski definition) is 5. The number of rotatable bonds is 11. The maximum atomic E-state index is 13.6. The van der Waals surface area contributed by atoms with Gasteiger partial charge in [0, 0.05) is 57.1 Å². The highest BCUT2D eigenvalue weighted by molar-refractivity contribution is 5.88. The summed E-state index contributed by atoms with van der Waals surface area (Å²) < 4.78 is 11.0. The molecule has 1 fully saturated rings. The molecule has 9 nitrogen and oxygen atoms in total.